The van der Waals surface area contributed by atoms with Gasteiger partial charge in [-0.15, -0.1) is 10.2 Å². The second-order valence-corrected chi connectivity index (χ2v) is 6.76. The standard InChI is InChI=1S/C14H20N4O5S/c1-3-23-11(19)5-10-16-17-13(24-10)15-14(22)18-6-8(2)4-9(7-18)12(20)21/h8-9H,3-7H2,1-2H3,(H,20,21)(H,15,17,22). The number of hydrogen-bond acceptors (Lipinski definition) is 7. The number of ether oxygens (including phenoxy) is 1. The maximum atomic E-state index is 12.3. The first-order chi connectivity index (χ1) is 11.4. The summed E-state index contributed by atoms with van der Waals surface area (Å²) in [6.07, 6.45) is 0.560. The van der Waals surface area contributed by atoms with E-state index in [1.54, 1.807) is 6.92 Å². The van der Waals surface area contributed by atoms with E-state index in [1.807, 2.05) is 6.92 Å². The summed E-state index contributed by atoms with van der Waals surface area (Å²) in [7, 11) is 0. The van der Waals surface area contributed by atoms with Crippen LogP contribution in [0, 0.1) is 11.8 Å². The second kappa shape index (κ2) is 8.04. The first-order valence-corrected chi connectivity index (χ1v) is 8.47. The minimum absolute atomic E-state index is 0.00319. The molecule has 0 bridgehead atoms. The Balaban J connectivity index is 1.93. The van der Waals surface area contributed by atoms with Crippen molar-refractivity contribution >= 4 is 34.4 Å². The summed E-state index contributed by atoms with van der Waals surface area (Å²) < 4.78 is 4.83. The van der Waals surface area contributed by atoms with Crippen molar-refractivity contribution in [2.45, 2.75) is 26.7 Å². The van der Waals surface area contributed by atoms with Crippen LogP contribution in [-0.2, 0) is 20.7 Å². The number of anilines is 1. The summed E-state index contributed by atoms with van der Waals surface area (Å²) >= 11 is 1.09. The zero-order valence-electron chi connectivity index (χ0n) is 13.5. The van der Waals surface area contributed by atoms with Gasteiger partial charge < -0.3 is 14.7 Å². The highest BCUT2D eigenvalue weighted by Crippen LogP contribution is 2.23. The number of amides is 2. The summed E-state index contributed by atoms with van der Waals surface area (Å²) in [6, 6.07) is -0.411. The van der Waals surface area contributed by atoms with Crippen molar-refractivity contribution in [3.63, 3.8) is 0 Å². The Morgan fingerprint density at radius 2 is 2.12 bits per heavy atom. The van der Waals surface area contributed by atoms with Crippen molar-refractivity contribution in [3.8, 4) is 0 Å². The van der Waals surface area contributed by atoms with E-state index in [9.17, 15) is 14.4 Å². The smallest absolute Gasteiger partial charge is 0.323 e. The third-order valence-electron chi connectivity index (χ3n) is 3.58. The lowest BCUT2D eigenvalue weighted by Gasteiger charge is -2.34. The fourth-order valence-corrected chi connectivity index (χ4v) is 3.29. The number of carbonyl (C=O) groups is 3. The monoisotopic (exact) mass is 356 g/mol. The van der Waals surface area contributed by atoms with Gasteiger partial charge in [-0.1, -0.05) is 18.3 Å². The quantitative estimate of drug-likeness (QED) is 0.761. The Morgan fingerprint density at radius 1 is 1.38 bits per heavy atom. The Morgan fingerprint density at radius 3 is 2.79 bits per heavy atom. The molecular weight excluding hydrogens is 336 g/mol. The molecule has 132 valence electrons. The average Bonchev–Trinajstić information content (AvgIpc) is 2.93. The number of rotatable bonds is 5. The number of hydrogen-bond donors (Lipinski definition) is 2. The van der Waals surface area contributed by atoms with Crippen LogP contribution < -0.4 is 5.32 Å². The van der Waals surface area contributed by atoms with E-state index in [0.717, 1.165) is 11.3 Å². The zero-order chi connectivity index (χ0) is 17.7. The van der Waals surface area contributed by atoms with Gasteiger partial charge in [0.25, 0.3) is 0 Å². The van der Waals surface area contributed by atoms with E-state index in [-0.39, 0.29) is 24.0 Å². The summed E-state index contributed by atoms with van der Waals surface area (Å²) in [5.41, 5.74) is 0. The van der Waals surface area contributed by atoms with Crippen molar-refractivity contribution in [2.24, 2.45) is 11.8 Å². The number of aromatic nitrogens is 2. The molecule has 9 nitrogen and oxygen atoms in total. The van der Waals surface area contributed by atoms with E-state index in [0.29, 0.717) is 24.6 Å². The van der Waals surface area contributed by atoms with Crippen LogP contribution in [0.3, 0.4) is 0 Å². The molecule has 1 aliphatic rings. The average molecular weight is 356 g/mol. The molecular formula is C14H20N4O5S. The molecule has 0 radical (unpaired) electrons. The maximum absolute atomic E-state index is 12.3. The van der Waals surface area contributed by atoms with Crippen LogP contribution in [0.25, 0.3) is 0 Å². The summed E-state index contributed by atoms with van der Waals surface area (Å²) in [6.45, 7) is 4.58. The lowest BCUT2D eigenvalue weighted by atomic mass is 9.91. The molecule has 10 heteroatoms. The van der Waals surface area contributed by atoms with E-state index < -0.39 is 23.9 Å². The maximum Gasteiger partial charge on any atom is 0.323 e. The van der Waals surface area contributed by atoms with E-state index >= 15 is 0 Å². The van der Waals surface area contributed by atoms with Gasteiger partial charge in [0.2, 0.25) is 5.13 Å². The molecule has 24 heavy (non-hydrogen) atoms. The van der Waals surface area contributed by atoms with Crippen LogP contribution >= 0.6 is 11.3 Å². The number of nitrogens with one attached hydrogen (secondary N) is 1. The Kier molecular flexibility index (Phi) is 6.07. The predicted octanol–water partition coefficient (Wildman–Crippen LogP) is 1.22. The molecule has 2 rings (SSSR count). The van der Waals surface area contributed by atoms with Crippen molar-refractivity contribution in [2.75, 3.05) is 25.0 Å². The SMILES string of the molecule is CCOC(=O)Cc1nnc(NC(=O)N2CC(C)CC(C(=O)O)C2)s1. The lowest BCUT2D eigenvalue weighted by Crippen LogP contribution is -2.47. The Bertz CT molecular complexity index is 620. The predicted molar refractivity (Wildman–Crippen MR) is 85.7 cm³/mol. The number of likely N-dealkylation sites (tertiary alicyclic amines) is 1. The van der Waals surface area contributed by atoms with E-state index in [1.165, 1.54) is 4.90 Å². The van der Waals surface area contributed by atoms with Gasteiger partial charge in [0.15, 0.2) is 0 Å². The number of carbonyl (C=O) groups excluding carboxylic acids is 2. The highest BCUT2D eigenvalue weighted by Gasteiger charge is 2.32. The highest BCUT2D eigenvalue weighted by molar-refractivity contribution is 7.15. The number of piperidine rings is 1. The molecule has 1 aromatic heterocycles. The van der Waals surface area contributed by atoms with Gasteiger partial charge in [-0.25, -0.2) is 4.79 Å². The Hall–Kier alpha value is -2.23. The largest absolute Gasteiger partial charge is 0.481 e. The third-order valence-corrected chi connectivity index (χ3v) is 4.42. The number of carboxylic acids is 1. The van der Waals surface area contributed by atoms with Crippen LogP contribution in [0.5, 0.6) is 0 Å². The van der Waals surface area contributed by atoms with Gasteiger partial charge in [-0.2, -0.15) is 0 Å². The van der Waals surface area contributed by atoms with Gasteiger partial charge in [0.1, 0.15) is 5.01 Å². The van der Waals surface area contributed by atoms with E-state index in [2.05, 4.69) is 15.5 Å². The van der Waals surface area contributed by atoms with Crippen LogP contribution in [0.4, 0.5) is 9.93 Å². The zero-order valence-corrected chi connectivity index (χ0v) is 14.3. The van der Waals surface area contributed by atoms with Gasteiger partial charge in [-0.3, -0.25) is 14.9 Å². The summed E-state index contributed by atoms with van der Waals surface area (Å²) in [5, 5.41) is 20.1. The fourth-order valence-electron chi connectivity index (χ4n) is 2.58. The second-order valence-electron chi connectivity index (χ2n) is 5.69. The molecule has 2 unspecified atom stereocenters. The van der Waals surface area contributed by atoms with Crippen molar-refractivity contribution in [1.29, 1.82) is 0 Å². The number of urea groups is 1. The Labute approximate surface area is 143 Å². The lowest BCUT2D eigenvalue weighted by molar-refractivity contribution is -0.144. The van der Waals surface area contributed by atoms with Gasteiger partial charge in [-0.05, 0) is 19.3 Å². The highest BCUT2D eigenvalue weighted by atomic mass is 32.1. The third kappa shape index (κ3) is 4.88. The normalized spacial score (nSPS) is 20.5. The van der Waals surface area contributed by atoms with Crippen LogP contribution in [0.15, 0.2) is 0 Å². The molecule has 2 heterocycles. The molecule has 0 aromatic carbocycles. The fraction of sp³-hybridized carbons (Fsp3) is 0.643. The molecule has 1 aliphatic heterocycles. The van der Waals surface area contributed by atoms with Gasteiger partial charge in [0, 0.05) is 13.1 Å². The van der Waals surface area contributed by atoms with Crippen molar-refractivity contribution in [3.05, 3.63) is 5.01 Å². The molecule has 0 spiro atoms. The molecule has 0 saturated carbocycles. The summed E-state index contributed by atoms with van der Waals surface area (Å²) in [5.74, 6) is -1.75. The van der Waals surface area contributed by atoms with E-state index in [4.69, 9.17) is 9.84 Å². The van der Waals surface area contributed by atoms with Crippen LogP contribution in [-0.4, -0.2) is 57.9 Å². The summed E-state index contributed by atoms with van der Waals surface area (Å²) in [4.78, 5) is 36.3. The van der Waals surface area contributed by atoms with Gasteiger partial charge >= 0.3 is 18.0 Å². The number of carboxylic acid groups (broad SMARTS) is 1. The molecule has 1 aromatic rings. The molecule has 1 fully saturated rings. The van der Waals surface area contributed by atoms with Crippen LogP contribution in [0.1, 0.15) is 25.3 Å². The molecule has 2 amide bonds. The minimum atomic E-state index is -0.896. The minimum Gasteiger partial charge on any atom is -0.481 e. The molecule has 0 aliphatic carbocycles. The van der Waals surface area contributed by atoms with Crippen molar-refractivity contribution in [1.82, 2.24) is 15.1 Å². The number of aliphatic carboxylic acids is 1. The van der Waals surface area contributed by atoms with Crippen LogP contribution in [0.2, 0.25) is 0 Å². The number of esters is 1. The van der Waals surface area contributed by atoms with Crippen molar-refractivity contribution < 1.29 is 24.2 Å². The first-order valence-electron chi connectivity index (χ1n) is 7.65. The van der Waals surface area contributed by atoms with Gasteiger partial charge in [0.05, 0.1) is 18.9 Å². The molecule has 2 atom stereocenters. The topological polar surface area (TPSA) is 122 Å². The first kappa shape index (κ1) is 18.1. The molecule has 1 saturated heterocycles. The number of nitrogens with zero attached hydrogens (tertiary/aromatic N) is 3. The molecule has 2 N–H and O–H groups in total.